The summed E-state index contributed by atoms with van der Waals surface area (Å²) in [5, 5.41) is 2.69. The number of aromatic nitrogens is 2. The number of carbonyl (C=O) groups excluding carboxylic acids is 1. The molecule has 30 heavy (non-hydrogen) atoms. The second-order valence-corrected chi connectivity index (χ2v) is 8.46. The standard InChI is InChI=1S/C24H21N3O2S/c28-22(11-13-26-16-25-20-9-5-4-8-18(20)24(26)29)27-14-10-21-19(12-15-30-21)23(27)17-6-2-1-3-7-17/h1-9,12,15-16,23H,10-11,13-14H2. The van der Waals surface area contributed by atoms with Crippen LogP contribution in [0.2, 0.25) is 0 Å². The van der Waals surface area contributed by atoms with Gasteiger partial charge in [-0.3, -0.25) is 14.2 Å². The molecule has 1 aliphatic heterocycles. The van der Waals surface area contributed by atoms with Crippen molar-refractivity contribution in [1.29, 1.82) is 0 Å². The van der Waals surface area contributed by atoms with Crippen molar-refractivity contribution in [3.05, 3.63) is 98.7 Å². The number of hydrogen-bond donors (Lipinski definition) is 0. The largest absolute Gasteiger partial charge is 0.331 e. The fraction of sp³-hybridized carbons (Fsp3) is 0.208. The summed E-state index contributed by atoms with van der Waals surface area (Å²) in [6.45, 7) is 1.01. The highest BCUT2D eigenvalue weighted by Crippen LogP contribution is 2.37. The van der Waals surface area contributed by atoms with E-state index in [2.05, 4.69) is 28.6 Å². The van der Waals surface area contributed by atoms with Crippen molar-refractivity contribution >= 4 is 28.1 Å². The van der Waals surface area contributed by atoms with Crippen molar-refractivity contribution in [2.45, 2.75) is 25.4 Å². The third-order valence-electron chi connectivity index (χ3n) is 5.70. The van der Waals surface area contributed by atoms with E-state index in [0.29, 0.717) is 24.0 Å². The van der Waals surface area contributed by atoms with Crippen LogP contribution >= 0.6 is 11.3 Å². The van der Waals surface area contributed by atoms with Crippen LogP contribution < -0.4 is 5.56 Å². The average Bonchev–Trinajstić information content (AvgIpc) is 3.27. The molecule has 6 heteroatoms. The van der Waals surface area contributed by atoms with Crippen molar-refractivity contribution in [2.75, 3.05) is 6.54 Å². The molecule has 0 fully saturated rings. The molecule has 0 saturated carbocycles. The van der Waals surface area contributed by atoms with Gasteiger partial charge in [-0.1, -0.05) is 42.5 Å². The third kappa shape index (κ3) is 3.33. The summed E-state index contributed by atoms with van der Waals surface area (Å²) in [6.07, 6.45) is 2.68. The highest BCUT2D eigenvalue weighted by molar-refractivity contribution is 7.10. The van der Waals surface area contributed by atoms with E-state index in [9.17, 15) is 9.59 Å². The summed E-state index contributed by atoms with van der Waals surface area (Å²) < 4.78 is 1.54. The number of fused-ring (bicyclic) bond motifs is 2. The molecule has 2 aromatic carbocycles. The van der Waals surface area contributed by atoms with Gasteiger partial charge in [0, 0.05) is 24.4 Å². The zero-order valence-electron chi connectivity index (χ0n) is 16.4. The van der Waals surface area contributed by atoms with Gasteiger partial charge in [0.25, 0.3) is 5.56 Å². The van der Waals surface area contributed by atoms with E-state index in [1.165, 1.54) is 15.0 Å². The lowest BCUT2D eigenvalue weighted by atomic mass is 9.93. The zero-order valence-corrected chi connectivity index (χ0v) is 17.2. The Hall–Kier alpha value is -3.25. The van der Waals surface area contributed by atoms with E-state index in [0.717, 1.165) is 12.0 Å². The number of amides is 1. The van der Waals surface area contributed by atoms with Crippen molar-refractivity contribution < 1.29 is 4.79 Å². The number of para-hydroxylation sites is 1. The van der Waals surface area contributed by atoms with Crippen LogP contribution in [0.4, 0.5) is 0 Å². The Morgan fingerprint density at radius 1 is 1.07 bits per heavy atom. The van der Waals surface area contributed by atoms with Crippen LogP contribution in [0.1, 0.15) is 28.5 Å². The van der Waals surface area contributed by atoms with Gasteiger partial charge in [0.15, 0.2) is 0 Å². The predicted molar refractivity (Wildman–Crippen MR) is 119 cm³/mol. The van der Waals surface area contributed by atoms with Crippen molar-refractivity contribution in [3.8, 4) is 0 Å². The van der Waals surface area contributed by atoms with Gasteiger partial charge in [-0.2, -0.15) is 0 Å². The minimum Gasteiger partial charge on any atom is -0.331 e. The topological polar surface area (TPSA) is 55.2 Å². The number of hydrogen-bond acceptors (Lipinski definition) is 4. The van der Waals surface area contributed by atoms with Crippen molar-refractivity contribution in [1.82, 2.24) is 14.5 Å². The van der Waals surface area contributed by atoms with Gasteiger partial charge in [0.05, 0.1) is 23.3 Å². The van der Waals surface area contributed by atoms with Gasteiger partial charge in [-0.15, -0.1) is 11.3 Å². The summed E-state index contributed by atoms with van der Waals surface area (Å²) in [7, 11) is 0. The Balaban J connectivity index is 1.40. The summed E-state index contributed by atoms with van der Waals surface area (Å²) in [4.78, 5) is 33.7. The maximum atomic E-state index is 13.3. The van der Waals surface area contributed by atoms with E-state index in [1.54, 1.807) is 23.7 Å². The molecule has 3 heterocycles. The molecular formula is C24H21N3O2S. The zero-order chi connectivity index (χ0) is 20.5. The molecular weight excluding hydrogens is 394 g/mol. The number of benzene rings is 2. The van der Waals surface area contributed by atoms with Crippen molar-refractivity contribution in [2.24, 2.45) is 0 Å². The number of aryl methyl sites for hydroxylation is 1. The maximum absolute atomic E-state index is 13.3. The van der Waals surface area contributed by atoms with Gasteiger partial charge in [-0.25, -0.2) is 4.98 Å². The van der Waals surface area contributed by atoms with Crippen LogP contribution in [-0.2, 0) is 17.8 Å². The Labute approximate surface area is 178 Å². The first-order chi connectivity index (χ1) is 14.7. The van der Waals surface area contributed by atoms with E-state index < -0.39 is 0 Å². The normalized spacial score (nSPS) is 15.9. The molecule has 1 atom stereocenters. The van der Waals surface area contributed by atoms with E-state index in [4.69, 9.17) is 0 Å². The van der Waals surface area contributed by atoms with Crippen LogP contribution in [0.3, 0.4) is 0 Å². The summed E-state index contributed by atoms with van der Waals surface area (Å²) >= 11 is 1.76. The summed E-state index contributed by atoms with van der Waals surface area (Å²) in [5.41, 5.74) is 2.91. The quantitative estimate of drug-likeness (QED) is 0.506. The fourth-order valence-electron chi connectivity index (χ4n) is 4.20. The molecule has 0 saturated heterocycles. The molecule has 0 N–H and O–H groups in total. The summed E-state index contributed by atoms with van der Waals surface area (Å²) in [5.74, 6) is 0.0563. The first kappa shape index (κ1) is 18.8. The van der Waals surface area contributed by atoms with Gasteiger partial charge >= 0.3 is 0 Å². The maximum Gasteiger partial charge on any atom is 0.261 e. The Kier molecular flexibility index (Phi) is 4.93. The minimum absolute atomic E-state index is 0.0563. The highest BCUT2D eigenvalue weighted by Gasteiger charge is 2.32. The van der Waals surface area contributed by atoms with E-state index >= 15 is 0 Å². The van der Waals surface area contributed by atoms with Crippen molar-refractivity contribution in [3.63, 3.8) is 0 Å². The molecule has 1 unspecified atom stereocenters. The monoisotopic (exact) mass is 415 g/mol. The third-order valence-corrected chi connectivity index (χ3v) is 6.70. The lowest BCUT2D eigenvalue weighted by molar-refractivity contribution is -0.133. The number of rotatable bonds is 4. The molecule has 0 spiro atoms. The number of thiophene rings is 1. The average molecular weight is 416 g/mol. The van der Waals surface area contributed by atoms with E-state index in [1.807, 2.05) is 41.3 Å². The lowest BCUT2D eigenvalue weighted by Crippen LogP contribution is -2.40. The Bertz CT molecular complexity index is 1260. The second-order valence-electron chi connectivity index (χ2n) is 7.46. The first-order valence-corrected chi connectivity index (χ1v) is 11.0. The van der Waals surface area contributed by atoms with Crippen LogP contribution in [0.5, 0.6) is 0 Å². The molecule has 5 nitrogen and oxygen atoms in total. The molecule has 1 amide bonds. The summed E-state index contributed by atoms with van der Waals surface area (Å²) in [6, 6.07) is 19.5. The van der Waals surface area contributed by atoms with Gasteiger partial charge in [0.2, 0.25) is 5.91 Å². The molecule has 4 aromatic rings. The van der Waals surface area contributed by atoms with Gasteiger partial charge in [-0.05, 0) is 41.1 Å². The van der Waals surface area contributed by atoms with Crippen LogP contribution in [0.15, 0.2) is 77.2 Å². The molecule has 0 radical (unpaired) electrons. The minimum atomic E-state index is -0.105. The van der Waals surface area contributed by atoms with Crippen LogP contribution in [-0.4, -0.2) is 26.9 Å². The second kappa shape index (κ2) is 7.88. The van der Waals surface area contributed by atoms with Crippen LogP contribution in [0, 0.1) is 0 Å². The smallest absolute Gasteiger partial charge is 0.261 e. The Morgan fingerprint density at radius 3 is 2.73 bits per heavy atom. The predicted octanol–water partition coefficient (Wildman–Crippen LogP) is 4.02. The number of nitrogens with zero attached hydrogens (tertiary/aromatic N) is 3. The van der Waals surface area contributed by atoms with Crippen LogP contribution in [0.25, 0.3) is 10.9 Å². The Morgan fingerprint density at radius 2 is 1.87 bits per heavy atom. The fourth-order valence-corrected chi connectivity index (χ4v) is 5.11. The molecule has 2 aromatic heterocycles. The first-order valence-electron chi connectivity index (χ1n) is 10.1. The SMILES string of the molecule is O=C(CCn1cnc2ccccc2c1=O)N1CCc2sccc2C1c1ccccc1. The molecule has 0 bridgehead atoms. The highest BCUT2D eigenvalue weighted by atomic mass is 32.1. The lowest BCUT2D eigenvalue weighted by Gasteiger charge is -2.36. The molecule has 5 rings (SSSR count). The molecule has 150 valence electrons. The molecule has 0 aliphatic carbocycles. The molecule has 1 aliphatic rings. The van der Waals surface area contributed by atoms with Gasteiger partial charge in [0.1, 0.15) is 0 Å². The van der Waals surface area contributed by atoms with Gasteiger partial charge < -0.3 is 4.90 Å². The van der Waals surface area contributed by atoms with E-state index in [-0.39, 0.29) is 23.9 Å². The number of carbonyl (C=O) groups is 1.